The first-order valence-corrected chi connectivity index (χ1v) is 9.60. The molecule has 8 heteroatoms. The van der Waals surface area contributed by atoms with Crippen LogP contribution in [0.25, 0.3) is 11.5 Å². The molecule has 2 atom stereocenters. The Morgan fingerprint density at radius 1 is 1.36 bits per heavy atom. The normalized spacial score (nSPS) is 19.8. The van der Waals surface area contributed by atoms with Crippen molar-refractivity contribution in [3.8, 4) is 11.5 Å². The number of carbonyl (C=O) groups is 2. The third kappa shape index (κ3) is 4.37. The molecule has 1 saturated heterocycles. The number of aromatic nitrogens is 2. The third-order valence-corrected chi connectivity index (χ3v) is 4.74. The molecule has 150 valence electrons. The molecular formula is C20H25FN4O3. The lowest BCUT2D eigenvalue weighted by molar-refractivity contribution is -0.130. The Balaban J connectivity index is 1.84. The number of nitrogens with one attached hydrogen (secondary N) is 1. The van der Waals surface area contributed by atoms with Crippen molar-refractivity contribution in [1.82, 2.24) is 20.4 Å². The van der Waals surface area contributed by atoms with E-state index in [-0.39, 0.29) is 35.4 Å². The minimum Gasteiger partial charge on any atom is -0.350 e. The molecule has 2 unspecified atom stereocenters. The lowest BCUT2D eigenvalue weighted by Crippen LogP contribution is -2.61. The number of rotatable bonds is 6. The molecule has 2 heterocycles. The lowest BCUT2D eigenvalue weighted by Gasteiger charge is -2.39. The van der Waals surface area contributed by atoms with Gasteiger partial charge >= 0.3 is 0 Å². The maximum Gasteiger partial charge on any atom is 0.296 e. The van der Waals surface area contributed by atoms with E-state index in [0.29, 0.717) is 18.5 Å². The fourth-order valence-electron chi connectivity index (χ4n) is 3.41. The van der Waals surface area contributed by atoms with Crippen molar-refractivity contribution < 1.29 is 18.5 Å². The van der Waals surface area contributed by atoms with Crippen LogP contribution in [0.4, 0.5) is 4.39 Å². The Kier molecular flexibility index (Phi) is 6.06. The number of carbonyl (C=O) groups excluding carboxylic acids is 2. The number of hydrogen-bond donors (Lipinski definition) is 1. The van der Waals surface area contributed by atoms with Gasteiger partial charge in [0.2, 0.25) is 5.91 Å². The van der Waals surface area contributed by atoms with Gasteiger partial charge in [-0.15, -0.1) is 0 Å². The summed E-state index contributed by atoms with van der Waals surface area (Å²) in [6, 6.07) is 4.92. The molecule has 2 aromatic rings. The first-order chi connectivity index (χ1) is 13.4. The Hall–Kier alpha value is -2.77. The molecular weight excluding hydrogens is 363 g/mol. The second-order valence-electron chi connectivity index (χ2n) is 7.53. The van der Waals surface area contributed by atoms with Gasteiger partial charge in [-0.25, -0.2) is 4.39 Å². The third-order valence-electron chi connectivity index (χ3n) is 4.74. The van der Waals surface area contributed by atoms with Gasteiger partial charge in [-0.1, -0.05) is 32.3 Å². The number of amides is 2. The predicted octanol–water partition coefficient (Wildman–Crippen LogP) is 3.03. The topological polar surface area (TPSA) is 88.3 Å². The fraction of sp³-hybridized carbons (Fsp3) is 0.500. The number of benzene rings is 1. The Labute approximate surface area is 163 Å². The van der Waals surface area contributed by atoms with Crippen LogP contribution >= 0.6 is 0 Å². The van der Waals surface area contributed by atoms with E-state index in [0.717, 1.165) is 12.8 Å². The summed E-state index contributed by atoms with van der Waals surface area (Å²) in [7, 11) is 0. The molecule has 1 aromatic heterocycles. The zero-order valence-electron chi connectivity index (χ0n) is 16.3. The van der Waals surface area contributed by atoms with Gasteiger partial charge in [0.1, 0.15) is 11.9 Å². The molecule has 1 aliphatic heterocycles. The molecule has 0 aliphatic carbocycles. The van der Waals surface area contributed by atoms with Crippen LogP contribution in [0.5, 0.6) is 0 Å². The van der Waals surface area contributed by atoms with Gasteiger partial charge in [0.25, 0.3) is 17.6 Å². The van der Waals surface area contributed by atoms with Crippen LogP contribution in [-0.4, -0.2) is 45.5 Å². The molecule has 28 heavy (non-hydrogen) atoms. The molecule has 7 nitrogen and oxygen atoms in total. The largest absolute Gasteiger partial charge is 0.350 e. The zero-order chi connectivity index (χ0) is 20.3. The molecule has 2 amide bonds. The van der Waals surface area contributed by atoms with Crippen LogP contribution < -0.4 is 5.32 Å². The van der Waals surface area contributed by atoms with E-state index in [2.05, 4.69) is 15.5 Å². The number of hydrogen-bond acceptors (Lipinski definition) is 5. The molecule has 0 radical (unpaired) electrons. The van der Waals surface area contributed by atoms with Gasteiger partial charge in [-0.05, 0) is 43.0 Å². The zero-order valence-corrected chi connectivity index (χ0v) is 16.3. The summed E-state index contributed by atoms with van der Waals surface area (Å²) in [4.78, 5) is 31.4. The Morgan fingerprint density at radius 2 is 2.07 bits per heavy atom. The summed E-state index contributed by atoms with van der Waals surface area (Å²) in [5, 5.41) is 6.81. The standard InChI is InChI=1S/C20H25FN4O3/c1-4-5-15-11-25(16(10-12(2)3)18(26)22-15)20(27)17-23-19(28-24-17)13-6-8-14(21)9-7-13/h6-9,12,15-16H,4-5,10-11H2,1-3H3,(H,22,26). The van der Waals surface area contributed by atoms with Crippen LogP contribution in [0.2, 0.25) is 0 Å². The van der Waals surface area contributed by atoms with E-state index in [4.69, 9.17) is 4.52 Å². The summed E-state index contributed by atoms with van der Waals surface area (Å²) >= 11 is 0. The average Bonchev–Trinajstić information content (AvgIpc) is 3.14. The maximum atomic E-state index is 13.1. The molecule has 1 aliphatic rings. The van der Waals surface area contributed by atoms with Crippen molar-refractivity contribution in [3.05, 3.63) is 35.9 Å². The highest BCUT2D eigenvalue weighted by Gasteiger charge is 2.39. The molecule has 1 aromatic carbocycles. The van der Waals surface area contributed by atoms with Gasteiger partial charge < -0.3 is 14.7 Å². The van der Waals surface area contributed by atoms with E-state index < -0.39 is 11.9 Å². The quantitative estimate of drug-likeness (QED) is 0.822. The van der Waals surface area contributed by atoms with Crippen molar-refractivity contribution in [2.45, 2.75) is 52.1 Å². The van der Waals surface area contributed by atoms with Crippen LogP contribution in [0.3, 0.4) is 0 Å². The highest BCUT2D eigenvalue weighted by atomic mass is 19.1. The fourth-order valence-corrected chi connectivity index (χ4v) is 3.41. The molecule has 1 N–H and O–H groups in total. The van der Waals surface area contributed by atoms with E-state index in [1.54, 1.807) is 4.90 Å². The van der Waals surface area contributed by atoms with Crippen molar-refractivity contribution >= 4 is 11.8 Å². The monoisotopic (exact) mass is 388 g/mol. The van der Waals surface area contributed by atoms with Gasteiger partial charge in [-0.3, -0.25) is 9.59 Å². The Bertz CT molecular complexity index is 834. The summed E-state index contributed by atoms with van der Waals surface area (Å²) in [5.41, 5.74) is 0.520. The SMILES string of the molecule is CCCC1CN(C(=O)c2noc(-c3ccc(F)cc3)n2)C(CC(C)C)C(=O)N1. The summed E-state index contributed by atoms with van der Waals surface area (Å²) in [6.07, 6.45) is 2.24. The van der Waals surface area contributed by atoms with Crippen molar-refractivity contribution in [1.29, 1.82) is 0 Å². The van der Waals surface area contributed by atoms with Gasteiger partial charge in [-0.2, -0.15) is 4.98 Å². The lowest BCUT2D eigenvalue weighted by atomic mass is 9.97. The highest BCUT2D eigenvalue weighted by molar-refractivity contribution is 5.96. The van der Waals surface area contributed by atoms with Crippen LogP contribution in [0.1, 0.15) is 50.7 Å². The van der Waals surface area contributed by atoms with Gasteiger partial charge in [0.05, 0.1) is 0 Å². The maximum absolute atomic E-state index is 13.1. The molecule has 0 saturated carbocycles. The van der Waals surface area contributed by atoms with E-state index in [1.165, 1.54) is 24.3 Å². The first kappa shape index (κ1) is 20.0. The summed E-state index contributed by atoms with van der Waals surface area (Å²) < 4.78 is 18.3. The van der Waals surface area contributed by atoms with E-state index in [1.807, 2.05) is 20.8 Å². The predicted molar refractivity (Wildman–Crippen MR) is 101 cm³/mol. The smallest absolute Gasteiger partial charge is 0.296 e. The van der Waals surface area contributed by atoms with Crippen molar-refractivity contribution in [3.63, 3.8) is 0 Å². The molecule has 1 fully saturated rings. The average molecular weight is 388 g/mol. The molecule has 0 bridgehead atoms. The second-order valence-corrected chi connectivity index (χ2v) is 7.53. The Morgan fingerprint density at radius 3 is 2.71 bits per heavy atom. The summed E-state index contributed by atoms with van der Waals surface area (Å²) in [6.45, 7) is 6.47. The van der Waals surface area contributed by atoms with E-state index in [9.17, 15) is 14.0 Å². The van der Waals surface area contributed by atoms with Gasteiger partial charge in [0.15, 0.2) is 0 Å². The van der Waals surface area contributed by atoms with E-state index >= 15 is 0 Å². The highest BCUT2D eigenvalue weighted by Crippen LogP contribution is 2.22. The van der Waals surface area contributed by atoms with Crippen LogP contribution in [0, 0.1) is 11.7 Å². The summed E-state index contributed by atoms with van der Waals surface area (Å²) in [5.74, 6) is -0.674. The second kappa shape index (κ2) is 8.50. The number of nitrogens with zero attached hydrogens (tertiary/aromatic N) is 3. The van der Waals surface area contributed by atoms with Crippen LogP contribution in [0.15, 0.2) is 28.8 Å². The van der Waals surface area contributed by atoms with Crippen LogP contribution in [-0.2, 0) is 4.79 Å². The first-order valence-electron chi connectivity index (χ1n) is 9.60. The molecule has 0 spiro atoms. The minimum atomic E-state index is -0.562. The number of halogens is 1. The molecule has 3 rings (SSSR count). The number of piperazine rings is 1. The van der Waals surface area contributed by atoms with Gasteiger partial charge in [0, 0.05) is 18.2 Å². The van der Waals surface area contributed by atoms with Crippen molar-refractivity contribution in [2.75, 3.05) is 6.54 Å². The minimum absolute atomic E-state index is 0.0895. The van der Waals surface area contributed by atoms with Crippen molar-refractivity contribution in [2.24, 2.45) is 5.92 Å².